The molecule has 1 N–H and O–H groups in total. The minimum absolute atomic E-state index is 0.335. The van der Waals surface area contributed by atoms with Gasteiger partial charge in [-0.3, -0.25) is 0 Å². The molecule has 8 heteroatoms. The second-order valence-corrected chi connectivity index (χ2v) is 5.24. The number of nitrogens with one attached hydrogen (secondary N) is 1. The molecule has 0 amide bonds. The minimum Gasteiger partial charge on any atom is -0.377 e. The van der Waals surface area contributed by atoms with E-state index >= 15 is 0 Å². The van der Waals surface area contributed by atoms with Crippen molar-refractivity contribution in [3.05, 3.63) is 16.1 Å². The van der Waals surface area contributed by atoms with Crippen LogP contribution in [0.1, 0.15) is 13.8 Å². The van der Waals surface area contributed by atoms with Crippen LogP contribution >= 0.6 is 23.2 Å². The molecule has 2 rings (SSSR count). The molecule has 1 aliphatic heterocycles. The van der Waals surface area contributed by atoms with Gasteiger partial charge in [0.25, 0.3) is 0 Å². The van der Waals surface area contributed by atoms with E-state index in [2.05, 4.69) is 14.0 Å². The Balaban J connectivity index is 2.14. The van der Waals surface area contributed by atoms with Gasteiger partial charge >= 0.3 is 0 Å². The molecule has 20 heavy (non-hydrogen) atoms. The Bertz CT molecular complexity index is 556. The zero-order valence-corrected chi connectivity index (χ0v) is 13.5. The third-order valence-electron chi connectivity index (χ3n) is 2.59. The number of benzene rings is 1. The predicted octanol–water partition coefficient (Wildman–Crippen LogP) is 4.53. The third kappa shape index (κ3) is 3.51. The standard InChI is InChI=1S/C12H15Cl2N3O2S/c1-3-18-9(19-4-2)6-15-10-7(13)5-8(14)11-12(10)17-20-16-11/h5,9,15H,3-4,6H2,1-2H3. The highest BCUT2D eigenvalue weighted by Crippen LogP contribution is 2.47. The van der Waals surface area contributed by atoms with E-state index in [4.69, 9.17) is 32.7 Å². The maximum absolute atomic E-state index is 6.21. The molecule has 0 fully saturated rings. The van der Waals surface area contributed by atoms with E-state index in [-0.39, 0.29) is 6.29 Å². The summed E-state index contributed by atoms with van der Waals surface area (Å²) in [6.07, 6.45) is -0.335. The lowest BCUT2D eigenvalue weighted by Crippen LogP contribution is -2.26. The SMILES string of the molecule is CCOC(CNc1c(Cl)cc(Cl)c2c1N=S=N2)OCC. The molecule has 1 aliphatic rings. The van der Waals surface area contributed by atoms with Gasteiger partial charge in [-0.25, -0.2) is 0 Å². The van der Waals surface area contributed by atoms with Gasteiger partial charge in [0, 0.05) is 13.2 Å². The number of hydrogen-bond acceptors (Lipinski definition) is 5. The molecule has 0 aliphatic carbocycles. The monoisotopic (exact) mass is 335 g/mol. The molecule has 0 radical (unpaired) electrons. The van der Waals surface area contributed by atoms with Gasteiger partial charge in [0.15, 0.2) is 6.29 Å². The molecule has 5 nitrogen and oxygen atoms in total. The lowest BCUT2D eigenvalue weighted by molar-refractivity contribution is -0.126. The quantitative estimate of drug-likeness (QED) is 0.756. The zero-order chi connectivity index (χ0) is 14.5. The van der Waals surface area contributed by atoms with E-state index < -0.39 is 0 Å². The second-order valence-electron chi connectivity index (χ2n) is 3.90. The Morgan fingerprint density at radius 3 is 2.45 bits per heavy atom. The third-order valence-corrected chi connectivity index (χ3v) is 3.71. The average molecular weight is 336 g/mol. The van der Waals surface area contributed by atoms with E-state index in [0.717, 1.165) is 11.4 Å². The summed E-state index contributed by atoms with van der Waals surface area (Å²) >= 11 is 13.4. The number of hydrogen-bond donors (Lipinski definition) is 1. The Morgan fingerprint density at radius 1 is 1.15 bits per heavy atom. The summed E-state index contributed by atoms with van der Waals surface area (Å²) in [4.78, 5) is 0. The van der Waals surface area contributed by atoms with Gasteiger partial charge in [0.05, 0.1) is 33.6 Å². The molecule has 1 aromatic rings. The van der Waals surface area contributed by atoms with E-state index in [1.54, 1.807) is 6.07 Å². The van der Waals surface area contributed by atoms with Crippen molar-refractivity contribution in [3.8, 4) is 0 Å². The maximum atomic E-state index is 6.21. The first-order valence-electron chi connectivity index (χ1n) is 6.24. The number of anilines is 1. The van der Waals surface area contributed by atoms with Gasteiger partial charge < -0.3 is 14.8 Å². The number of halogens is 2. The van der Waals surface area contributed by atoms with Crippen molar-refractivity contribution in [2.75, 3.05) is 25.1 Å². The Hall–Kier alpha value is -0.660. The van der Waals surface area contributed by atoms with E-state index in [1.807, 2.05) is 13.8 Å². The van der Waals surface area contributed by atoms with Crippen LogP contribution in [0.4, 0.5) is 17.1 Å². The molecule has 0 saturated carbocycles. The van der Waals surface area contributed by atoms with Gasteiger partial charge in [-0.05, 0) is 19.9 Å². The smallest absolute Gasteiger partial charge is 0.174 e. The molecule has 0 aromatic heterocycles. The largest absolute Gasteiger partial charge is 0.377 e. The fourth-order valence-electron chi connectivity index (χ4n) is 1.77. The van der Waals surface area contributed by atoms with E-state index in [9.17, 15) is 0 Å². The summed E-state index contributed by atoms with van der Waals surface area (Å²) < 4.78 is 19.3. The van der Waals surface area contributed by atoms with Gasteiger partial charge in [0.1, 0.15) is 11.4 Å². The molecule has 0 saturated heterocycles. The first-order chi connectivity index (χ1) is 9.67. The van der Waals surface area contributed by atoms with Gasteiger partial charge in [-0.15, -0.1) is 0 Å². The van der Waals surface area contributed by atoms with Crippen LogP contribution in [0.5, 0.6) is 0 Å². The summed E-state index contributed by atoms with van der Waals surface area (Å²) in [6, 6.07) is 1.66. The fourth-order valence-corrected chi connectivity index (χ4v) is 2.94. The highest BCUT2D eigenvalue weighted by molar-refractivity contribution is 7.58. The summed E-state index contributed by atoms with van der Waals surface area (Å²) in [5, 5.41) is 4.20. The predicted molar refractivity (Wildman–Crippen MR) is 83.5 cm³/mol. The summed E-state index contributed by atoms with van der Waals surface area (Å²) in [7, 11) is 0. The van der Waals surface area contributed by atoms with Gasteiger partial charge in [-0.2, -0.15) is 8.73 Å². The van der Waals surface area contributed by atoms with E-state index in [0.29, 0.717) is 46.9 Å². The summed E-state index contributed by atoms with van der Waals surface area (Å²) in [5.74, 6) is 0. The van der Waals surface area contributed by atoms with Crippen molar-refractivity contribution in [1.29, 1.82) is 0 Å². The second kappa shape index (κ2) is 7.38. The van der Waals surface area contributed by atoms with Gasteiger partial charge in [-0.1, -0.05) is 23.2 Å². The highest BCUT2D eigenvalue weighted by Gasteiger charge is 2.19. The Morgan fingerprint density at radius 2 is 1.80 bits per heavy atom. The van der Waals surface area contributed by atoms with E-state index in [1.165, 1.54) is 0 Å². The van der Waals surface area contributed by atoms with Crippen LogP contribution in [0.25, 0.3) is 0 Å². The van der Waals surface area contributed by atoms with Crippen molar-refractivity contribution in [3.63, 3.8) is 0 Å². The minimum atomic E-state index is -0.335. The molecular formula is C12H15Cl2N3O2S. The summed E-state index contributed by atoms with van der Waals surface area (Å²) in [6.45, 7) is 5.46. The highest BCUT2D eigenvalue weighted by atomic mass is 35.5. The average Bonchev–Trinajstić information content (AvgIpc) is 2.88. The lowest BCUT2D eigenvalue weighted by Gasteiger charge is -2.19. The molecule has 0 bridgehead atoms. The molecule has 1 aromatic carbocycles. The first kappa shape index (κ1) is 15.7. The van der Waals surface area contributed by atoms with Crippen LogP contribution < -0.4 is 5.32 Å². The normalized spacial score (nSPS) is 12.7. The summed E-state index contributed by atoms with van der Waals surface area (Å²) in [5.41, 5.74) is 2.01. The molecule has 1 heterocycles. The molecule has 0 unspecified atom stereocenters. The van der Waals surface area contributed by atoms with Crippen molar-refractivity contribution >= 4 is 51.6 Å². The Labute approximate surface area is 131 Å². The zero-order valence-electron chi connectivity index (χ0n) is 11.2. The molecule has 110 valence electrons. The van der Waals surface area contributed by atoms with Crippen LogP contribution in [0, 0.1) is 0 Å². The fraction of sp³-hybridized carbons (Fsp3) is 0.500. The molecular weight excluding hydrogens is 321 g/mol. The number of rotatable bonds is 7. The maximum Gasteiger partial charge on any atom is 0.174 e. The van der Waals surface area contributed by atoms with Crippen molar-refractivity contribution < 1.29 is 9.47 Å². The first-order valence-corrected chi connectivity index (χ1v) is 7.73. The van der Waals surface area contributed by atoms with Crippen molar-refractivity contribution in [2.45, 2.75) is 20.1 Å². The lowest BCUT2D eigenvalue weighted by atomic mass is 10.2. The molecule has 0 spiro atoms. The van der Waals surface area contributed by atoms with Crippen LogP contribution in [-0.2, 0) is 20.8 Å². The number of ether oxygens (including phenoxy) is 2. The number of fused-ring (bicyclic) bond motifs is 1. The Kier molecular flexibility index (Phi) is 5.80. The van der Waals surface area contributed by atoms with Gasteiger partial charge in [0.2, 0.25) is 0 Å². The van der Waals surface area contributed by atoms with Crippen LogP contribution in [-0.4, -0.2) is 26.0 Å². The molecule has 0 atom stereocenters. The van der Waals surface area contributed by atoms with Crippen molar-refractivity contribution in [2.24, 2.45) is 8.73 Å². The number of nitrogens with zero attached hydrogens (tertiary/aromatic N) is 2. The van der Waals surface area contributed by atoms with Crippen LogP contribution in [0.15, 0.2) is 14.8 Å². The van der Waals surface area contributed by atoms with Crippen molar-refractivity contribution in [1.82, 2.24) is 0 Å². The topological polar surface area (TPSA) is 55.2 Å². The van der Waals surface area contributed by atoms with Crippen LogP contribution in [0.2, 0.25) is 10.0 Å². The van der Waals surface area contributed by atoms with Crippen LogP contribution in [0.3, 0.4) is 0 Å².